The van der Waals surface area contributed by atoms with E-state index in [0.717, 1.165) is 5.56 Å². The second-order valence-corrected chi connectivity index (χ2v) is 6.01. The van der Waals surface area contributed by atoms with E-state index in [1.165, 1.54) is 17.0 Å². The standard InChI is InChI=1S/C18H17FN8O/c19-13-3-1-12(2-4-13)10-23-17-25-14(24-15-11-20-5-6-21-15)9-16(26-17)27-8-7-22-18(27)28/h1-6,9,11H,7-8,10H2,(H,22,28)(H2,21,23,24,25,26). The van der Waals surface area contributed by atoms with Crippen LogP contribution in [0.4, 0.5) is 32.6 Å². The zero-order valence-electron chi connectivity index (χ0n) is 14.8. The summed E-state index contributed by atoms with van der Waals surface area (Å²) in [6.45, 7) is 1.46. The van der Waals surface area contributed by atoms with Crippen LogP contribution >= 0.6 is 0 Å². The fraction of sp³-hybridized carbons (Fsp3) is 0.167. The maximum Gasteiger partial charge on any atom is 0.323 e. The van der Waals surface area contributed by atoms with Gasteiger partial charge in [-0.3, -0.25) is 9.88 Å². The number of amides is 2. The summed E-state index contributed by atoms with van der Waals surface area (Å²) in [6.07, 6.45) is 4.70. The lowest BCUT2D eigenvalue weighted by atomic mass is 10.2. The zero-order chi connectivity index (χ0) is 19.3. The predicted molar refractivity (Wildman–Crippen MR) is 102 cm³/mol. The third-order valence-corrected chi connectivity index (χ3v) is 4.03. The molecular weight excluding hydrogens is 363 g/mol. The summed E-state index contributed by atoms with van der Waals surface area (Å²) in [6, 6.07) is 7.60. The molecule has 1 aromatic carbocycles. The molecule has 142 valence electrons. The molecule has 3 heterocycles. The first-order valence-corrected chi connectivity index (χ1v) is 8.63. The molecule has 2 amide bonds. The minimum atomic E-state index is -0.294. The lowest BCUT2D eigenvalue weighted by Gasteiger charge is -2.16. The van der Waals surface area contributed by atoms with E-state index in [0.29, 0.717) is 43.0 Å². The molecule has 0 bridgehead atoms. The van der Waals surface area contributed by atoms with Gasteiger partial charge in [0.25, 0.3) is 0 Å². The Labute approximate surface area is 160 Å². The number of hydrogen-bond acceptors (Lipinski definition) is 7. The molecule has 0 spiro atoms. The van der Waals surface area contributed by atoms with Crippen molar-refractivity contribution in [1.82, 2.24) is 25.3 Å². The number of urea groups is 1. The summed E-state index contributed by atoms with van der Waals surface area (Å²) in [5.41, 5.74) is 0.873. The number of benzene rings is 1. The lowest BCUT2D eigenvalue weighted by Crippen LogP contribution is -2.28. The van der Waals surface area contributed by atoms with E-state index in [4.69, 9.17) is 0 Å². The van der Waals surface area contributed by atoms with E-state index in [9.17, 15) is 9.18 Å². The molecule has 9 nitrogen and oxygen atoms in total. The topological polar surface area (TPSA) is 108 Å². The van der Waals surface area contributed by atoms with Gasteiger partial charge in [-0.1, -0.05) is 12.1 Å². The molecule has 1 aliphatic heterocycles. The van der Waals surface area contributed by atoms with Crippen molar-refractivity contribution in [3.63, 3.8) is 0 Å². The Morgan fingerprint density at radius 3 is 2.71 bits per heavy atom. The number of carbonyl (C=O) groups is 1. The molecule has 0 saturated carbocycles. The van der Waals surface area contributed by atoms with Crippen molar-refractivity contribution in [3.05, 3.63) is 60.3 Å². The average molecular weight is 380 g/mol. The average Bonchev–Trinajstić information content (AvgIpc) is 3.14. The Balaban J connectivity index is 1.59. The van der Waals surface area contributed by atoms with Gasteiger partial charge in [0.15, 0.2) is 0 Å². The Kier molecular flexibility index (Phi) is 4.91. The van der Waals surface area contributed by atoms with Crippen LogP contribution in [0.5, 0.6) is 0 Å². The quantitative estimate of drug-likeness (QED) is 0.602. The highest BCUT2D eigenvalue weighted by Gasteiger charge is 2.23. The summed E-state index contributed by atoms with van der Waals surface area (Å²) in [5, 5.41) is 8.91. The Morgan fingerprint density at radius 2 is 2.00 bits per heavy atom. The van der Waals surface area contributed by atoms with E-state index >= 15 is 0 Å². The fourth-order valence-corrected chi connectivity index (χ4v) is 2.68. The van der Waals surface area contributed by atoms with Crippen molar-refractivity contribution in [2.45, 2.75) is 6.54 Å². The lowest BCUT2D eigenvalue weighted by molar-refractivity contribution is 0.252. The highest BCUT2D eigenvalue weighted by molar-refractivity contribution is 5.93. The van der Waals surface area contributed by atoms with Gasteiger partial charge in [0.1, 0.15) is 23.3 Å². The van der Waals surface area contributed by atoms with Crippen LogP contribution in [0.2, 0.25) is 0 Å². The number of carbonyl (C=O) groups excluding carboxylic acids is 1. The van der Waals surface area contributed by atoms with Gasteiger partial charge in [-0.05, 0) is 17.7 Å². The van der Waals surface area contributed by atoms with Gasteiger partial charge in [-0.2, -0.15) is 9.97 Å². The molecule has 0 aliphatic carbocycles. The summed E-state index contributed by atoms with van der Waals surface area (Å²) in [5.74, 6) is 1.47. The SMILES string of the molecule is O=C1NCCN1c1cc(Nc2cnccn2)nc(NCc2ccc(F)cc2)n1. The van der Waals surface area contributed by atoms with Gasteiger partial charge in [-0.15, -0.1) is 0 Å². The van der Waals surface area contributed by atoms with Crippen molar-refractivity contribution < 1.29 is 9.18 Å². The Morgan fingerprint density at radius 1 is 1.14 bits per heavy atom. The highest BCUT2D eigenvalue weighted by atomic mass is 19.1. The van der Waals surface area contributed by atoms with Crippen molar-refractivity contribution in [2.24, 2.45) is 0 Å². The first-order valence-electron chi connectivity index (χ1n) is 8.63. The molecule has 0 atom stereocenters. The number of nitrogens with one attached hydrogen (secondary N) is 3. The molecule has 1 saturated heterocycles. The van der Waals surface area contributed by atoms with Crippen LogP contribution in [-0.4, -0.2) is 39.1 Å². The van der Waals surface area contributed by atoms with Gasteiger partial charge < -0.3 is 16.0 Å². The van der Waals surface area contributed by atoms with Crippen molar-refractivity contribution in [1.29, 1.82) is 0 Å². The van der Waals surface area contributed by atoms with Crippen LogP contribution in [-0.2, 0) is 6.54 Å². The van der Waals surface area contributed by atoms with Crippen LogP contribution in [0.1, 0.15) is 5.56 Å². The highest BCUT2D eigenvalue weighted by Crippen LogP contribution is 2.22. The molecule has 28 heavy (non-hydrogen) atoms. The predicted octanol–water partition coefficient (Wildman–Crippen LogP) is 2.29. The second-order valence-electron chi connectivity index (χ2n) is 6.01. The maximum absolute atomic E-state index is 13.1. The number of halogens is 1. The molecule has 10 heteroatoms. The molecule has 4 rings (SSSR count). The van der Waals surface area contributed by atoms with Crippen LogP contribution in [0, 0.1) is 5.82 Å². The molecule has 2 aromatic heterocycles. The van der Waals surface area contributed by atoms with Crippen molar-refractivity contribution in [3.8, 4) is 0 Å². The third kappa shape index (κ3) is 4.11. The van der Waals surface area contributed by atoms with Crippen molar-refractivity contribution in [2.75, 3.05) is 28.6 Å². The molecule has 3 N–H and O–H groups in total. The van der Waals surface area contributed by atoms with E-state index < -0.39 is 0 Å². The molecule has 1 aliphatic rings. The van der Waals surface area contributed by atoms with Gasteiger partial charge >= 0.3 is 6.03 Å². The Hall–Kier alpha value is -3.82. The first kappa shape index (κ1) is 17.6. The largest absolute Gasteiger partial charge is 0.350 e. The van der Waals surface area contributed by atoms with Gasteiger partial charge in [0, 0.05) is 38.1 Å². The third-order valence-electron chi connectivity index (χ3n) is 4.03. The zero-order valence-corrected chi connectivity index (χ0v) is 14.8. The number of anilines is 4. The number of aromatic nitrogens is 4. The molecule has 1 fully saturated rings. The summed E-state index contributed by atoms with van der Waals surface area (Å²) in [4.78, 5) is 30.6. The van der Waals surface area contributed by atoms with Gasteiger partial charge in [-0.25, -0.2) is 14.2 Å². The summed E-state index contributed by atoms with van der Waals surface area (Å²) < 4.78 is 13.1. The monoisotopic (exact) mass is 380 g/mol. The normalized spacial score (nSPS) is 13.3. The first-order chi connectivity index (χ1) is 13.7. The molecular formula is C18H17FN8O. The smallest absolute Gasteiger partial charge is 0.323 e. The molecule has 0 unspecified atom stereocenters. The Bertz CT molecular complexity index is 967. The van der Waals surface area contributed by atoms with E-state index in [1.54, 1.807) is 36.8 Å². The maximum atomic E-state index is 13.1. The van der Waals surface area contributed by atoms with E-state index in [-0.39, 0.29) is 11.8 Å². The number of rotatable bonds is 6. The minimum absolute atomic E-state index is 0.214. The van der Waals surface area contributed by atoms with Crippen molar-refractivity contribution >= 4 is 29.4 Å². The molecule has 0 radical (unpaired) electrons. The van der Waals surface area contributed by atoms with E-state index in [2.05, 4.69) is 35.9 Å². The van der Waals surface area contributed by atoms with E-state index in [1.807, 2.05) is 0 Å². The van der Waals surface area contributed by atoms with Crippen LogP contribution in [0.3, 0.4) is 0 Å². The van der Waals surface area contributed by atoms with Crippen LogP contribution in [0.15, 0.2) is 48.9 Å². The number of nitrogens with zero attached hydrogens (tertiary/aromatic N) is 5. The minimum Gasteiger partial charge on any atom is -0.350 e. The van der Waals surface area contributed by atoms with Crippen LogP contribution < -0.4 is 20.9 Å². The van der Waals surface area contributed by atoms with Gasteiger partial charge in [0.05, 0.1) is 6.20 Å². The molecule has 3 aromatic rings. The van der Waals surface area contributed by atoms with Crippen LogP contribution in [0.25, 0.3) is 0 Å². The summed E-state index contributed by atoms with van der Waals surface area (Å²) in [7, 11) is 0. The van der Waals surface area contributed by atoms with Gasteiger partial charge in [0.2, 0.25) is 5.95 Å². The second kappa shape index (κ2) is 7.82. The fourth-order valence-electron chi connectivity index (χ4n) is 2.68. The number of hydrogen-bond donors (Lipinski definition) is 3. The summed E-state index contributed by atoms with van der Waals surface area (Å²) >= 11 is 0.